The average molecular weight is 323 g/mol. The second-order valence-corrected chi connectivity index (χ2v) is 6.54. The summed E-state index contributed by atoms with van der Waals surface area (Å²) in [6.07, 6.45) is -4.64. The number of nitrogens with zero attached hydrogens (tertiary/aromatic N) is 1. The van der Waals surface area contributed by atoms with Crippen molar-refractivity contribution in [3.63, 3.8) is 0 Å². The standard InChI is InChI=1S/C12H16F3N3O2S/c1-7-9(12(13,14)15)5-4-6-10(7)21(19,20)18(3)8(2)11(16)17/h4-6,8H,1-3H3,(H3,16,17). The van der Waals surface area contributed by atoms with Crippen molar-refractivity contribution in [3.05, 3.63) is 29.3 Å². The zero-order valence-corrected chi connectivity index (χ0v) is 12.5. The third-order valence-corrected chi connectivity index (χ3v) is 5.31. The molecule has 5 nitrogen and oxygen atoms in total. The molecule has 0 aliphatic carbocycles. The Balaban J connectivity index is 3.44. The van der Waals surface area contributed by atoms with Gasteiger partial charge in [-0.3, -0.25) is 5.41 Å². The first kappa shape index (κ1) is 17.4. The molecule has 0 bridgehead atoms. The van der Waals surface area contributed by atoms with Crippen LogP contribution in [0.15, 0.2) is 23.1 Å². The molecule has 1 aromatic rings. The topological polar surface area (TPSA) is 87.2 Å². The van der Waals surface area contributed by atoms with Gasteiger partial charge in [0.15, 0.2) is 0 Å². The highest BCUT2D eigenvalue weighted by atomic mass is 32.2. The van der Waals surface area contributed by atoms with E-state index in [0.29, 0.717) is 0 Å². The summed E-state index contributed by atoms with van der Waals surface area (Å²) in [6, 6.07) is 2.00. The van der Waals surface area contributed by atoms with Crippen LogP contribution >= 0.6 is 0 Å². The predicted molar refractivity (Wildman–Crippen MR) is 72.5 cm³/mol. The van der Waals surface area contributed by atoms with E-state index < -0.39 is 38.5 Å². The van der Waals surface area contributed by atoms with E-state index >= 15 is 0 Å². The minimum atomic E-state index is -4.64. The maximum Gasteiger partial charge on any atom is 0.416 e. The first-order valence-corrected chi connectivity index (χ1v) is 7.33. The van der Waals surface area contributed by atoms with Gasteiger partial charge in [0.1, 0.15) is 5.84 Å². The lowest BCUT2D eigenvalue weighted by molar-refractivity contribution is -0.138. The molecule has 3 N–H and O–H groups in total. The summed E-state index contributed by atoms with van der Waals surface area (Å²) in [5.74, 6) is -0.397. The molecule has 0 aliphatic rings. The summed E-state index contributed by atoms with van der Waals surface area (Å²) >= 11 is 0. The number of rotatable bonds is 4. The Kier molecular flexibility index (Phi) is 4.69. The Morgan fingerprint density at radius 1 is 1.38 bits per heavy atom. The van der Waals surface area contributed by atoms with Crippen LogP contribution in [0.3, 0.4) is 0 Å². The van der Waals surface area contributed by atoms with Crippen LogP contribution in [0.1, 0.15) is 18.1 Å². The molecule has 1 aromatic carbocycles. The molecule has 0 amide bonds. The molecule has 118 valence electrons. The summed E-state index contributed by atoms with van der Waals surface area (Å²) in [6.45, 7) is 2.48. The molecule has 0 saturated carbocycles. The van der Waals surface area contributed by atoms with E-state index in [4.69, 9.17) is 11.1 Å². The molecule has 1 rings (SSSR count). The van der Waals surface area contributed by atoms with Crippen LogP contribution in [0.2, 0.25) is 0 Å². The summed E-state index contributed by atoms with van der Waals surface area (Å²) in [5.41, 5.74) is 3.86. The van der Waals surface area contributed by atoms with E-state index in [2.05, 4.69) is 0 Å². The smallest absolute Gasteiger partial charge is 0.386 e. The fraction of sp³-hybridized carbons (Fsp3) is 0.417. The molecule has 0 heterocycles. The lowest BCUT2D eigenvalue weighted by Crippen LogP contribution is -2.43. The van der Waals surface area contributed by atoms with Crippen LogP contribution in [0.4, 0.5) is 13.2 Å². The Labute approximate surface area is 121 Å². The van der Waals surface area contributed by atoms with Crippen molar-refractivity contribution in [1.29, 1.82) is 5.41 Å². The van der Waals surface area contributed by atoms with E-state index in [1.54, 1.807) is 0 Å². The van der Waals surface area contributed by atoms with Gasteiger partial charge < -0.3 is 5.73 Å². The molecule has 1 unspecified atom stereocenters. The lowest BCUT2D eigenvalue weighted by Gasteiger charge is -2.24. The van der Waals surface area contributed by atoms with E-state index in [1.165, 1.54) is 14.0 Å². The van der Waals surface area contributed by atoms with Gasteiger partial charge in [-0.2, -0.15) is 17.5 Å². The Morgan fingerprint density at radius 2 is 1.90 bits per heavy atom. The van der Waals surface area contributed by atoms with Crippen LogP contribution in [0.25, 0.3) is 0 Å². The van der Waals surface area contributed by atoms with Crippen molar-refractivity contribution in [3.8, 4) is 0 Å². The van der Waals surface area contributed by atoms with Gasteiger partial charge in [-0.05, 0) is 31.5 Å². The third kappa shape index (κ3) is 3.35. The van der Waals surface area contributed by atoms with Gasteiger partial charge in [0, 0.05) is 7.05 Å². The maximum atomic E-state index is 12.8. The van der Waals surface area contributed by atoms with Crippen molar-refractivity contribution in [1.82, 2.24) is 4.31 Å². The summed E-state index contributed by atoms with van der Waals surface area (Å²) in [7, 11) is -3.02. The largest absolute Gasteiger partial charge is 0.416 e. The van der Waals surface area contributed by atoms with Crippen molar-refractivity contribution >= 4 is 15.9 Å². The SMILES string of the molecule is Cc1c(C(F)(F)F)cccc1S(=O)(=O)N(C)C(C)C(=N)N. The highest BCUT2D eigenvalue weighted by Gasteiger charge is 2.36. The number of hydrogen-bond donors (Lipinski definition) is 2. The zero-order valence-electron chi connectivity index (χ0n) is 11.7. The molecular formula is C12H16F3N3O2S. The van der Waals surface area contributed by atoms with Crippen molar-refractivity contribution in [2.75, 3.05) is 7.05 Å². The van der Waals surface area contributed by atoms with Gasteiger partial charge >= 0.3 is 6.18 Å². The number of likely N-dealkylation sites (N-methyl/N-ethyl adjacent to an activating group) is 1. The number of alkyl halides is 3. The number of halogens is 3. The summed E-state index contributed by atoms with van der Waals surface area (Å²) < 4.78 is 64.1. The van der Waals surface area contributed by atoms with Gasteiger partial charge in [-0.1, -0.05) is 6.07 Å². The number of nitrogens with two attached hydrogens (primary N) is 1. The van der Waals surface area contributed by atoms with E-state index in [0.717, 1.165) is 29.4 Å². The van der Waals surface area contributed by atoms with Gasteiger partial charge in [0.2, 0.25) is 10.0 Å². The fourth-order valence-corrected chi connectivity index (χ4v) is 3.35. The van der Waals surface area contributed by atoms with Crippen molar-refractivity contribution in [2.24, 2.45) is 5.73 Å². The molecule has 0 saturated heterocycles. The Morgan fingerprint density at radius 3 is 2.33 bits per heavy atom. The second kappa shape index (κ2) is 5.64. The average Bonchev–Trinajstić information content (AvgIpc) is 2.35. The number of amidine groups is 1. The minimum absolute atomic E-state index is 0.382. The molecule has 0 fully saturated rings. The van der Waals surface area contributed by atoms with Gasteiger partial charge in [0.25, 0.3) is 0 Å². The highest BCUT2D eigenvalue weighted by Crippen LogP contribution is 2.34. The highest BCUT2D eigenvalue weighted by molar-refractivity contribution is 7.89. The Hall–Kier alpha value is -1.61. The predicted octanol–water partition coefficient (Wildman–Crippen LogP) is 1.96. The van der Waals surface area contributed by atoms with Crippen molar-refractivity contribution < 1.29 is 21.6 Å². The van der Waals surface area contributed by atoms with Crippen LogP contribution < -0.4 is 5.73 Å². The second-order valence-electron chi connectivity index (χ2n) is 4.58. The van der Waals surface area contributed by atoms with Crippen LogP contribution in [0.5, 0.6) is 0 Å². The monoisotopic (exact) mass is 323 g/mol. The molecule has 0 radical (unpaired) electrons. The number of hydrogen-bond acceptors (Lipinski definition) is 3. The molecule has 1 atom stereocenters. The summed E-state index contributed by atoms with van der Waals surface area (Å²) in [4.78, 5) is -0.451. The fourth-order valence-electron chi connectivity index (χ4n) is 1.76. The van der Waals surface area contributed by atoms with E-state index in [9.17, 15) is 21.6 Å². The Bertz CT molecular complexity index is 656. The first-order valence-electron chi connectivity index (χ1n) is 5.89. The van der Waals surface area contributed by atoms with Crippen LogP contribution in [-0.4, -0.2) is 31.6 Å². The summed E-state index contributed by atoms with van der Waals surface area (Å²) in [5, 5.41) is 7.26. The third-order valence-electron chi connectivity index (χ3n) is 3.24. The van der Waals surface area contributed by atoms with Crippen molar-refractivity contribution in [2.45, 2.75) is 31.0 Å². The molecule has 9 heteroatoms. The van der Waals surface area contributed by atoms with Gasteiger partial charge in [0.05, 0.1) is 16.5 Å². The molecular weight excluding hydrogens is 307 g/mol. The number of benzene rings is 1. The normalized spacial score (nSPS) is 14.2. The zero-order chi connectivity index (χ0) is 16.6. The lowest BCUT2D eigenvalue weighted by atomic mass is 10.1. The molecule has 0 spiro atoms. The van der Waals surface area contributed by atoms with Gasteiger partial charge in [-0.25, -0.2) is 8.42 Å². The number of sulfonamides is 1. The van der Waals surface area contributed by atoms with Gasteiger partial charge in [-0.15, -0.1) is 0 Å². The number of nitrogens with one attached hydrogen (secondary N) is 1. The molecule has 21 heavy (non-hydrogen) atoms. The van der Waals surface area contributed by atoms with Crippen LogP contribution in [-0.2, 0) is 16.2 Å². The molecule has 0 aliphatic heterocycles. The first-order chi connectivity index (χ1) is 9.40. The minimum Gasteiger partial charge on any atom is -0.386 e. The van der Waals surface area contributed by atoms with E-state index in [-0.39, 0.29) is 5.56 Å². The maximum absolute atomic E-state index is 12.8. The quantitative estimate of drug-likeness (QED) is 0.656. The molecule has 0 aromatic heterocycles. The van der Waals surface area contributed by atoms with E-state index in [1.807, 2.05) is 0 Å². The van der Waals surface area contributed by atoms with Crippen LogP contribution in [0, 0.1) is 12.3 Å².